The molecule has 0 aliphatic heterocycles. The van der Waals surface area contributed by atoms with Gasteiger partial charge >= 0.3 is 11.7 Å². The normalized spacial score (nSPS) is 13.4. The quantitative estimate of drug-likeness (QED) is 0.475. The number of likely N-dealkylation sites (N-methyl/N-ethyl adjacent to an activating group) is 1. The van der Waals surface area contributed by atoms with Gasteiger partial charge in [0.05, 0.1) is 12.0 Å². The molecule has 0 saturated carbocycles. The minimum absolute atomic E-state index is 0.0977. The highest BCUT2D eigenvalue weighted by molar-refractivity contribution is 9.10. The second kappa shape index (κ2) is 6.86. The smallest absolute Gasteiger partial charge is 0.329 e. The van der Waals surface area contributed by atoms with E-state index in [0.29, 0.717) is 10.0 Å². The van der Waals surface area contributed by atoms with Gasteiger partial charge < -0.3 is 14.8 Å². The third kappa shape index (κ3) is 3.92. The number of nitrogens with one attached hydrogen (secondary N) is 1. The standard InChI is InChI=1S/C13H17BrN2O5/c1-8-5-9(14)6-10(16(18)19)11(8)21-7-13(2,15-3)12(17)20-4/h5-6,15H,7H2,1-4H3. The summed E-state index contributed by atoms with van der Waals surface area (Å²) >= 11 is 3.21. The van der Waals surface area contributed by atoms with Crippen LogP contribution in [0.1, 0.15) is 12.5 Å². The number of nitro benzene ring substituents is 1. The number of esters is 1. The van der Waals surface area contributed by atoms with Crippen LogP contribution in [0.15, 0.2) is 16.6 Å². The van der Waals surface area contributed by atoms with Gasteiger partial charge in [0.15, 0.2) is 5.75 Å². The number of hydrogen-bond donors (Lipinski definition) is 1. The Kier molecular flexibility index (Phi) is 5.68. The minimum atomic E-state index is -1.10. The molecule has 1 rings (SSSR count). The van der Waals surface area contributed by atoms with E-state index in [1.165, 1.54) is 13.2 Å². The van der Waals surface area contributed by atoms with Crippen LogP contribution >= 0.6 is 15.9 Å². The molecule has 1 aromatic rings. The van der Waals surface area contributed by atoms with E-state index in [0.717, 1.165) is 0 Å². The second-order valence-corrected chi connectivity index (χ2v) is 5.61. The van der Waals surface area contributed by atoms with E-state index in [-0.39, 0.29) is 18.0 Å². The average molecular weight is 361 g/mol. The lowest BCUT2D eigenvalue weighted by molar-refractivity contribution is -0.386. The zero-order chi connectivity index (χ0) is 16.2. The third-order valence-electron chi connectivity index (χ3n) is 3.11. The Morgan fingerprint density at radius 2 is 2.14 bits per heavy atom. The molecule has 0 aromatic heterocycles. The van der Waals surface area contributed by atoms with Gasteiger partial charge in [-0.25, -0.2) is 4.79 Å². The van der Waals surface area contributed by atoms with Crippen LogP contribution in [0.25, 0.3) is 0 Å². The van der Waals surface area contributed by atoms with Crippen LogP contribution in [0, 0.1) is 17.0 Å². The largest absolute Gasteiger partial charge is 0.484 e. The fraction of sp³-hybridized carbons (Fsp3) is 0.462. The summed E-state index contributed by atoms with van der Waals surface area (Å²) in [4.78, 5) is 22.3. The molecule has 116 valence electrons. The van der Waals surface area contributed by atoms with Gasteiger partial charge in [-0.2, -0.15) is 0 Å². The number of benzene rings is 1. The number of methoxy groups -OCH3 is 1. The van der Waals surface area contributed by atoms with Crippen LogP contribution in [0.5, 0.6) is 5.75 Å². The number of halogens is 1. The van der Waals surface area contributed by atoms with Gasteiger partial charge in [0, 0.05) is 10.5 Å². The Hall–Kier alpha value is -1.67. The molecule has 1 unspecified atom stereocenters. The molecule has 0 aliphatic carbocycles. The van der Waals surface area contributed by atoms with Gasteiger partial charge in [0.2, 0.25) is 0 Å². The molecular formula is C13H17BrN2O5. The van der Waals surface area contributed by atoms with E-state index in [9.17, 15) is 14.9 Å². The molecule has 0 saturated heterocycles. The number of nitrogens with zero attached hydrogens (tertiary/aromatic N) is 1. The summed E-state index contributed by atoms with van der Waals surface area (Å²) < 4.78 is 10.8. The number of rotatable bonds is 6. The summed E-state index contributed by atoms with van der Waals surface area (Å²) in [6, 6.07) is 3.06. The third-order valence-corrected chi connectivity index (χ3v) is 3.57. The zero-order valence-electron chi connectivity index (χ0n) is 12.2. The van der Waals surface area contributed by atoms with Crippen molar-refractivity contribution in [3.63, 3.8) is 0 Å². The van der Waals surface area contributed by atoms with Gasteiger partial charge in [-0.3, -0.25) is 10.1 Å². The predicted octanol–water partition coefficient (Wildman–Crippen LogP) is 2.20. The lowest BCUT2D eigenvalue weighted by atomic mass is 10.0. The van der Waals surface area contributed by atoms with Crippen LogP contribution in [-0.2, 0) is 9.53 Å². The topological polar surface area (TPSA) is 90.7 Å². The van der Waals surface area contributed by atoms with Crippen LogP contribution in [0.4, 0.5) is 5.69 Å². The number of aryl methyl sites for hydroxylation is 1. The molecule has 0 bridgehead atoms. The summed E-state index contributed by atoms with van der Waals surface area (Å²) in [7, 11) is 2.86. The lowest BCUT2D eigenvalue weighted by Gasteiger charge is -2.26. The Bertz CT molecular complexity index is 564. The average Bonchev–Trinajstić information content (AvgIpc) is 2.44. The van der Waals surface area contributed by atoms with Crippen molar-refractivity contribution >= 4 is 27.6 Å². The molecule has 1 aromatic carbocycles. The molecule has 7 nitrogen and oxygen atoms in total. The molecule has 8 heteroatoms. The number of hydrogen-bond acceptors (Lipinski definition) is 6. The van der Waals surface area contributed by atoms with Gasteiger partial charge in [0.25, 0.3) is 0 Å². The maximum Gasteiger partial charge on any atom is 0.329 e. The zero-order valence-corrected chi connectivity index (χ0v) is 13.8. The molecule has 0 fully saturated rings. The van der Waals surface area contributed by atoms with E-state index in [1.807, 2.05) is 0 Å². The molecule has 21 heavy (non-hydrogen) atoms. The summed E-state index contributed by atoms with van der Waals surface area (Å²) in [5.41, 5.74) is -0.660. The van der Waals surface area contributed by atoms with Crippen LogP contribution in [-0.4, -0.2) is 37.2 Å². The van der Waals surface area contributed by atoms with Crippen LogP contribution in [0.3, 0.4) is 0 Å². The predicted molar refractivity (Wildman–Crippen MR) is 80.5 cm³/mol. The van der Waals surface area contributed by atoms with E-state index in [2.05, 4.69) is 21.2 Å². The number of carbonyl (C=O) groups is 1. The molecule has 0 heterocycles. The van der Waals surface area contributed by atoms with Crippen molar-refractivity contribution < 1.29 is 19.2 Å². The fourth-order valence-electron chi connectivity index (χ4n) is 1.71. The van der Waals surface area contributed by atoms with Crippen LogP contribution in [0.2, 0.25) is 0 Å². The first-order chi connectivity index (χ1) is 9.75. The SMILES string of the molecule is CNC(C)(COc1c(C)cc(Br)cc1[N+](=O)[O-])C(=O)OC. The first-order valence-electron chi connectivity index (χ1n) is 6.10. The first kappa shape index (κ1) is 17.4. The van der Waals surface area contributed by atoms with Crippen molar-refractivity contribution in [2.75, 3.05) is 20.8 Å². The maximum atomic E-state index is 11.7. The summed E-state index contributed by atoms with van der Waals surface area (Å²) in [6.07, 6.45) is 0. The Balaban J connectivity index is 3.08. The molecule has 0 radical (unpaired) electrons. The fourth-order valence-corrected chi connectivity index (χ4v) is 2.27. The van der Waals surface area contributed by atoms with Crippen molar-refractivity contribution in [3.05, 3.63) is 32.3 Å². The molecule has 0 amide bonds. The Morgan fingerprint density at radius 1 is 1.52 bits per heavy atom. The van der Waals surface area contributed by atoms with Gasteiger partial charge in [-0.15, -0.1) is 0 Å². The van der Waals surface area contributed by atoms with Crippen molar-refractivity contribution in [2.45, 2.75) is 19.4 Å². The molecule has 0 aliphatic rings. The lowest BCUT2D eigenvalue weighted by Crippen LogP contribution is -2.52. The Morgan fingerprint density at radius 3 is 2.62 bits per heavy atom. The van der Waals surface area contributed by atoms with E-state index < -0.39 is 16.4 Å². The molecular weight excluding hydrogens is 344 g/mol. The van der Waals surface area contributed by atoms with Gasteiger partial charge in [-0.05, 0) is 32.5 Å². The summed E-state index contributed by atoms with van der Waals surface area (Å²) in [6.45, 7) is 3.19. The number of nitro groups is 1. The van der Waals surface area contributed by atoms with E-state index >= 15 is 0 Å². The van der Waals surface area contributed by atoms with Crippen molar-refractivity contribution in [1.29, 1.82) is 0 Å². The molecule has 1 N–H and O–H groups in total. The monoisotopic (exact) mass is 360 g/mol. The van der Waals surface area contributed by atoms with Crippen LogP contribution < -0.4 is 10.1 Å². The van der Waals surface area contributed by atoms with Crippen molar-refractivity contribution in [1.82, 2.24) is 5.32 Å². The summed E-state index contributed by atoms with van der Waals surface area (Å²) in [5.74, 6) is -0.379. The molecule has 1 atom stereocenters. The Labute approximate surface area is 130 Å². The van der Waals surface area contributed by atoms with Gasteiger partial charge in [0.1, 0.15) is 12.1 Å². The molecule has 0 spiro atoms. The van der Waals surface area contributed by atoms with E-state index in [1.54, 1.807) is 27.0 Å². The number of ether oxygens (including phenoxy) is 2. The van der Waals surface area contributed by atoms with Crippen molar-refractivity contribution in [2.24, 2.45) is 0 Å². The summed E-state index contributed by atoms with van der Waals surface area (Å²) in [5, 5.41) is 13.9. The van der Waals surface area contributed by atoms with Crippen molar-refractivity contribution in [3.8, 4) is 5.75 Å². The first-order valence-corrected chi connectivity index (χ1v) is 6.89. The van der Waals surface area contributed by atoms with Gasteiger partial charge in [-0.1, -0.05) is 15.9 Å². The highest BCUT2D eigenvalue weighted by Gasteiger charge is 2.34. The number of carbonyl (C=O) groups excluding carboxylic acids is 1. The maximum absolute atomic E-state index is 11.7. The highest BCUT2D eigenvalue weighted by Crippen LogP contribution is 2.34. The second-order valence-electron chi connectivity index (χ2n) is 4.69. The minimum Gasteiger partial charge on any atom is -0.484 e. The van der Waals surface area contributed by atoms with E-state index in [4.69, 9.17) is 9.47 Å². The highest BCUT2D eigenvalue weighted by atomic mass is 79.9.